The first-order chi connectivity index (χ1) is 8.19. The number of fused-ring (bicyclic) bond motifs is 1. The fourth-order valence-electron chi connectivity index (χ4n) is 3.92. The molecule has 2 atom stereocenters. The molecule has 0 spiro atoms. The van der Waals surface area contributed by atoms with Crippen molar-refractivity contribution < 1.29 is 9.53 Å². The lowest BCUT2D eigenvalue weighted by Gasteiger charge is -2.26. The Labute approximate surface area is 104 Å². The van der Waals surface area contributed by atoms with Gasteiger partial charge >= 0.3 is 5.97 Å². The Bertz CT molecular complexity index is 263. The van der Waals surface area contributed by atoms with Gasteiger partial charge in [-0.3, -0.25) is 4.79 Å². The molecule has 0 aromatic heterocycles. The summed E-state index contributed by atoms with van der Waals surface area (Å²) in [5, 5.41) is 0. The first-order valence-corrected chi connectivity index (χ1v) is 7.05. The van der Waals surface area contributed by atoms with Crippen molar-refractivity contribution in [3.63, 3.8) is 0 Å². The molecule has 3 nitrogen and oxygen atoms in total. The van der Waals surface area contributed by atoms with Gasteiger partial charge in [0.1, 0.15) is 0 Å². The van der Waals surface area contributed by atoms with Crippen LogP contribution in [-0.4, -0.2) is 19.1 Å². The third-order valence-corrected chi connectivity index (χ3v) is 4.71. The van der Waals surface area contributed by atoms with Crippen LogP contribution in [0.3, 0.4) is 0 Å². The predicted molar refractivity (Wildman–Crippen MR) is 67.4 cm³/mol. The van der Waals surface area contributed by atoms with E-state index >= 15 is 0 Å². The van der Waals surface area contributed by atoms with E-state index in [9.17, 15) is 4.79 Å². The number of esters is 1. The van der Waals surface area contributed by atoms with E-state index in [1.807, 2.05) is 6.92 Å². The van der Waals surface area contributed by atoms with Crippen molar-refractivity contribution in [3.05, 3.63) is 0 Å². The van der Waals surface area contributed by atoms with Gasteiger partial charge in [0.15, 0.2) is 0 Å². The molecule has 98 valence electrons. The molecule has 2 N–H and O–H groups in total. The van der Waals surface area contributed by atoms with Crippen molar-refractivity contribution in [2.24, 2.45) is 23.0 Å². The van der Waals surface area contributed by atoms with Crippen LogP contribution in [0.2, 0.25) is 0 Å². The Balaban J connectivity index is 1.98. The smallest absolute Gasteiger partial charge is 0.306 e. The molecule has 0 aromatic carbocycles. The van der Waals surface area contributed by atoms with Gasteiger partial charge < -0.3 is 10.5 Å². The highest BCUT2D eigenvalue weighted by atomic mass is 16.5. The minimum Gasteiger partial charge on any atom is -0.466 e. The normalized spacial score (nSPS) is 36.6. The monoisotopic (exact) mass is 239 g/mol. The molecule has 2 saturated carbocycles. The molecule has 3 heteroatoms. The van der Waals surface area contributed by atoms with Crippen molar-refractivity contribution in [3.8, 4) is 0 Å². The van der Waals surface area contributed by atoms with Crippen LogP contribution in [0.1, 0.15) is 51.9 Å². The Morgan fingerprint density at radius 2 is 1.88 bits per heavy atom. The summed E-state index contributed by atoms with van der Waals surface area (Å²) >= 11 is 0. The summed E-state index contributed by atoms with van der Waals surface area (Å²) in [6, 6.07) is 0. The molecule has 0 amide bonds. The zero-order valence-corrected chi connectivity index (χ0v) is 10.9. The third-order valence-electron chi connectivity index (χ3n) is 4.71. The van der Waals surface area contributed by atoms with E-state index in [-0.39, 0.29) is 11.4 Å². The zero-order chi connectivity index (χ0) is 12.3. The van der Waals surface area contributed by atoms with Crippen LogP contribution in [0, 0.1) is 17.3 Å². The molecule has 0 heterocycles. The van der Waals surface area contributed by atoms with Crippen LogP contribution in [0.4, 0.5) is 0 Å². The summed E-state index contributed by atoms with van der Waals surface area (Å²) < 4.78 is 5.09. The van der Waals surface area contributed by atoms with Crippen LogP contribution < -0.4 is 5.73 Å². The van der Waals surface area contributed by atoms with E-state index in [0.717, 1.165) is 24.7 Å². The minimum absolute atomic E-state index is 0.0475. The minimum atomic E-state index is -0.0587. The average Bonchev–Trinajstić information content (AvgIpc) is 2.67. The summed E-state index contributed by atoms with van der Waals surface area (Å²) in [6.45, 7) is 2.98. The molecule has 0 radical (unpaired) electrons. The maximum absolute atomic E-state index is 11.7. The summed E-state index contributed by atoms with van der Waals surface area (Å²) in [5.41, 5.74) is 6.01. The first kappa shape index (κ1) is 12.9. The Hall–Kier alpha value is -0.570. The highest BCUT2D eigenvalue weighted by Gasteiger charge is 2.46. The average molecular weight is 239 g/mol. The van der Waals surface area contributed by atoms with Gasteiger partial charge in [0.05, 0.1) is 13.0 Å². The van der Waals surface area contributed by atoms with Crippen molar-refractivity contribution in [1.82, 2.24) is 0 Å². The van der Waals surface area contributed by atoms with E-state index in [1.165, 1.54) is 25.7 Å². The molecule has 0 aliphatic heterocycles. The predicted octanol–water partition coefficient (Wildman–Crippen LogP) is 2.48. The molecule has 2 unspecified atom stereocenters. The Morgan fingerprint density at radius 3 is 2.35 bits per heavy atom. The molecule has 17 heavy (non-hydrogen) atoms. The lowest BCUT2D eigenvalue weighted by Crippen LogP contribution is -2.31. The quantitative estimate of drug-likeness (QED) is 0.767. The second kappa shape index (κ2) is 5.38. The van der Waals surface area contributed by atoms with Gasteiger partial charge in [-0.25, -0.2) is 0 Å². The molecule has 2 rings (SSSR count). The third kappa shape index (κ3) is 2.82. The fraction of sp³-hybridized carbons (Fsp3) is 0.929. The maximum atomic E-state index is 11.7. The van der Waals surface area contributed by atoms with Crippen molar-refractivity contribution in [2.75, 3.05) is 13.2 Å². The van der Waals surface area contributed by atoms with Crippen molar-refractivity contribution in [1.29, 1.82) is 0 Å². The number of nitrogens with two attached hydrogens (primary N) is 1. The zero-order valence-electron chi connectivity index (χ0n) is 10.9. The fourth-order valence-corrected chi connectivity index (χ4v) is 3.92. The van der Waals surface area contributed by atoms with Crippen LogP contribution in [0.15, 0.2) is 0 Å². The molecule has 2 aliphatic rings. The second-order valence-electron chi connectivity index (χ2n) is 5.90. The number of rotatable bonds is 4. The van der Waals surface area contributed by atoms with Crippen LogP contribution in [-0.2, 0) is 9.53 Å². The Morgan fingerprint density at radius 1 is 1.29 bits per heavy atom. The van der Waals surface area contributed by atoms with Crippen LogP contribution >= 0.6 is 0 Å². The molecular weight excluding hydrogens is 214 g/mol. The standard InChI is InChI=1S/C14H25NO2/c1-2-17-13(16)9-14(10-15)7-11-5-3-4-6-12(11)8-14/h11-12H,2-10,15H2,1H3. The van der Waals surface area contributed by atoms with Crippen LogP contribution in [0.5, 0.6) is 0 Å². The number of carbonyl (C=O) groups is 1. The number of carbonyl (C=O) groups excluding carboxylic acids is 1. The van der Waals surface area contributed by atoms with Gasteiger partial charge in [0, 0.05) is 0 Å². The molecule has 2 aliphatic carbocycles. The number of hydrogen-bond donors (Lipinski definition) is 1. The lowest BCUT2D eigenvalue weighted by molar-refractivity contribution is -0.145. The highest BCUT2D eigenvalue weighted by Crippen LogP contribution is 2.52. The van der Waals surface area contributed by atoms with Gasteiger partial charge in [-0.05, 0) is 43.6 Å². The SMILES string of the molecule is CCOC(=O)CC1(CN)CC2CCCCC2C1. The van der Waals surface area contributed by atoms with Gasteiger partial charge in [0.2, 0.25) is 0 Å². The molecule has 0 saturated heterocycles. The van der Waals surface area contributed by atoms with Crippen LogP contribution in [0.25, 0.3) is 0 Å². The summed E-state index contributed by atoms with van der Waals surface area (Å²) in [5.74, 6) is 1.58. The van der Waals surface area contributed by atoms with E-state index in [2.05, 4.69) is 0 Å². The van der Waals surface area contributed by atoms with Crippen molar-refractivity contribution >= 4 is 5.97 Å². The van der Waals surface area contributed by atoms with Gasteiger partial charge in [-0.2, -0.15) is 0 Å². The van der Waals surface area contributed by atoms with E-state index < -0.39 is 0 Å². The summed E-state index contributed by atoms with van der Waals surface area (Å²) in [7, 11) is 0. The summed E-state index contributed by atoms with van der Waals surface area (Å²) in [4.78, 5) is 11.7. The molecule has 0 aromatic rings. The molecule has 2 fully saturated rings. The number of ether oxygens (including phenoxy) is 1. The molecular formula is C14H25NO2. The van der Waals surface area contributed by atoms with Gasteiger partial charge in [-0.15, -0.1) is 0 Å². The van der Waals surface area contributed by atoms with E-state index in [4.69, 9.17) is 10.5 Å². The van der Waals surface area contributed by atoms with Crippen molar-refractivity contribution in [2.45, 2.75) is 51.9 Å². The largest absolute Gasteiger partial charge is 0.466 e. The topological polar surface area (TPSA) is 52.3 Å². The lowest BCUT2D eigenvalue weighted by atomic mass is 9.81. The van der Waals surface area contributed by atoms with Gasteiger partial charge in [0.25, 0.3) is 0 Å². The Kier molecular flexibility index (Phi) is 4.08. The molecule has 0 bridgehead atoms. The highest BCUT2D eigenvalue weighted by molar-refractivity contribution is 5.70. The maximum Gasteiger partial charge on any atom is 0.306 e. The number of hydrogen-bond acceptors (Lipinski definition) is 3. The van der Waals surface area contributed by atoms with E-state index in [1.54, 1.807) is 0 Å². The summed E-state index contributed by atoms with van der Waals surface area (Å²) in [6.07, 6.45) is 8.23. The first-order valence-electron chi connectivity index (χ1n) is 7.05. The van der Waals surface area contributed by atoms with E-state index in [0.29, 0.717) is 19.6 Å². The van der Waals surface area contributed by atoms with Gasteiger partial charge in [-0.1, -0.05) is 25.7 Å². The second-order valence-corrected chi connectivity index (χ2v) is 5.90.